The Hall–Kier alpha value is -1.69. The van der Waals surface area contributed by atoms with Gasteiger partial charge in [-0.2, -0.15) is 0 Å². The highest BCUT2D eigenvalue weighted by molar-refractivity contribution is 5.92. The van der Waals surface area contributed by atoms with Crippen LogP contribution in [0, 0.1) is 5.41 Å². The van der Waals surface area contributed by atoms with Gasteiger partial charge in [0.2, 0.25) is 0 Å². The molecule has 0 saturated heterocycles. The van der Waals surface area contributed by atoms with Crippen LogP contribution in [0.1, 0.15) is 12.1 Å². The van der Waals surface area contributed by atoms with Crippen LogP contribution in [-0.4, -0.2) is 54.9 Å². The van der Waals surface area contributed by atoms with Gasteiger partial charge in [0.15, 0.2) is 0 Å². The Kier molecular flexibility index (Phi) is 4.84. The van der Waals surface area contributed by atoms with Crippen molar-refractivity contribution in [2.45, 2.75) is 6.42 Å². The Morgan fingerprint density at radius 2 is 1.94 bits per heavy atom. The molecule has 0 spiro atoms. The maximum absolute atomic E-state index is 7.23. The van der Waals surface area contributed by atoms with E-state index < -0.39 is 0 Å². The zero-order chi connectivity index (χ0) is 12.8. The molecule has 6 heteroatoms. The van der Waals surface area contributed by atoms with Gasteiger partial charge in [0.25, 0.3) is 0 Å². The Bertz CT molecular complexity index is 359. The molecule has 1 aromatic rings. The Balaban J connectivity index is 2.51. The summed E-state index contributed by atoms with van der Waals surface area (Å²) in [7, 11) is 6.09. The van der Waals surface area contributed by atoms with Crippen molar-refractivity contribution in [3.63, 3.8) is 0 Å². The highest BCUT2D eigenvalue weighted by Gasteiger charge is 2.04. The van der Waals surface area contributed by atoms with Gasteiger partial charge in [-0.25, -0.2) is 9.97 Å². The van der Waals surface area contributed by atoms with Crippen molar-refractivity contribution in [3.8, 4) is 0 Å². The molecular weight excluding hydrogens is 216 g/mol. The van der Waals surface area contributed by atoms with Gasteiger partial charge in [0.05, 0.1) is 12.4 Å². The summed E-state index contributed by atoms with van der Waals surface area (Å²) in [5.74, 6) is 0.744. The summed E-state index contributed by atoms with van der Waals surface area (Å²) in [5.41, 5.74) is 5.73. The number of nitrogens with one attached hydrogen (secondary N) is 1. The average molecular weight is 236 g/mol. The zero-order valence-electron chi connectivity index (χ0n) is 10.6. The molecule has 6 nitrogen and oxygen atoms in total. The summed E-state index contributed by atoms with van der Waals surface area (Å²) < 4.78 is 0. The lowest BCUT2D eigenvalue weighted by molar-refractivity contribution is 0.401. The predicted octanol–water partition coefficient (Wildman–Crippen LogP) is 0.149. The number of nitrogens with two attached hydrogens (primary N) is 1. The molecular formula is C11H20N6. The third-order valence-electron chi connectivity index (χ3n) is 2.40. The highest BCUT2D eigenvalue weighted by atomic mass is 15.2. The molecule has 0 unspecified atom stereocenters. The van der Waals surface area contributed by atoms with Crippen LogP contribution >= 0.6 is 0 Å². The topological polar surface area (TPSA) is 82.1 Å². The molecule has 0 aromatic carbocycles. The van der Waals surface area contributed by atoms with Gasteiger partial charge in [-0.15, -0.1) is 0 Å². The second-order valence-electron chi connectivity index (χ2n) is 4.25. The first-order valence-electron chi connectivity index (χ1n) is 5.53. The molecule has 0 atom stereocenters. The van der Waals surface area contributed by atoms with E-state index in [9.17, 15) is 0 Å². The lowest BCUT2D eigenvalue weighted by Crippen LogP contribution is -2.24. The van der Waals surface area contributed by atoms with Crippen molar-refractivity contribution >= 4 is 11.7 Å². The van der Waals surface area contributed by atoms with Crippen molar-refractivity contribution in [2.75, 3.05) is 39.1 Å². The summed E-state index contributed by atoms with van der Waals surface area (Å²) in [6.45, 7) is 1.97. The molecule has 0 amide bonds. The van der Waals surface area contributed by atoms with E-state index >= 15 is 0 Å². The summed E-state index contributed by atoms with van der Waals surface area (Å²) in [6.07, 6.45) is 4.24. The van der Waals surface area contributed by atoms with Crippen LogP contribution in [0.4, 0.5) is 5.82 Å². The molecule has 0 saturated carbocycles. The Morgan fingerprint density at radius 1 is 1.24 bits per heavy atom. The first-order valence-corrected chi connectivity index (χ1v) is 5.53. The smallest absolute Gasteiger partial charge is 0.146 e. The molecule has 1 aromatic heterocycles. The molecule has 0 fully saturated rings. The van der Waals surface area contributed by atoms with E-state index in [0.29, 0.717) is 5.69 Å². The number of nitrogens with zero attached hydrogens (tertiary/aromatic N) is 4. The van der Waals surface area contributed by atoms with Crippen LogP contribution in [0.2, 0.25) is 0 Å². The number of anilines is 1. The van der Waals surface area contributed by atoms with Gasteiger partial charge in [0.1, 0.15) is 17.3 Å². The largest absolute Gasteiger partial charge is 0.382 e. The van der Waals surface area contributed by atoms with Crippen molar-refractivity contribution in [3.05, 3.63) is 18.1 Å². The Labute approximate surface area is 102 Å². The number of amidine groups is 1. The SMILES string of the molecule is CN(C)CCCN(C)c1cnc(C(=N)N)cn1. The fraction of sp³-hybridized carbons (Fsp3) is 0.545. The minimum absolute atomic E-state index is 0.0562. The quantitative estimate of drug-likeness (QED) is 0.542. The molecule has 0 aliphatic carbocycles. The fourth-order valence-corrected chi connectivity index (χ4v) is 1.40. The third-order valence-corrected chi connectivity index (χ3v) is 2.40. The van der Waals surface area contributed by atoms with Crippen LogP contribution in [0.15, 0.2) is 12.4 Å². The normalized spacial score (nSPS) is 10.6. The standard InChI is InChI=1S/C11H20N6/c1-16(2)5-4-6-17(3)10-8-14-9(7-15-10)11(12)13/h7-8H,4-6H2,1-3H3,(H3,12,13). The molecule has 3 N–H and O–H groups in total. The van der Waals surface area contributed by atoms with Crippen molar-refractivity contribution < 1.29 is 0 Å². The average Bonchev–Trinajstić information content (AvgIpc) is 2.28. The minimum atomic E-state index is -0.0562. The first kappa shape index (κ1) is 13.4. The van der Waals surface area contributed by atoms with Crippen molar-refractivity contribution in [2.24, 2.45) is 5.73 Å². The second kappa shape index (κ2) is 6.15. The maximum atomic E-state index is 7.23. The van der Waals surface area contributed by atoms with Gasteiger partial charge in [-0.3, -0.25) is 5.41 Å². The number of nitrogen functional groups attached to an aromatic ring is 1. The van der Waals surface area contributed by atoms with Gasteiger partial charge >= 0.3 is 0 Å². The highest BCUT2D eigenvalue weighted by Crippen LogP contribution is 2.06. The molecule has 1 rings (SSSR count). The van der Waals surface area contributed by atoms with Crippen LogP contribution in [-0.2, 0) is 0 Å². The predicted molar refractivity (Wildman–Crippen MR) is 69.5 cm³/mol. The van der Waals surface area contributed by atoms with E-state index in [1.165, 1.54) is 6.20 Å². The molecule has 17 heavy (non-hydrogen) atoms. The maximum Gasteiger partial charge on any atom is 0.146 e. The summed E-state index contributed by atoms with van der Waals surface area (Å²) >= 11 is 0. The summed E-state index contributed by atoms with van der Waals surface area (Å²) in [4.78, 5) is 12.5. The molecule has 0 radical (unpaired) electrons. The molecule has 0 aliphatic rings. The minimum Gasteiger partial charge on any atom is -0.382 e. The number of rotatable bonds is 6. The fourth-order valence-electron chi connectivity index (χ4n) is 1.40. The molecule has 0 bridgehead atoms. The third kappa shape index (κ3) is 4.36. The van der Waals surface area contributed by atoms with Crippen LogP contribution in [0.25, 0.3) is 0 Å². The number of hydrogen-bond acceptors (Lipinski definition) is 5. The van der Waals surface area contributed by atoms with Gasteiger partial charge < -0.3 is 15.5 Å². The summed E-state index contributed by atoms with van der Waals surface area (Å²) in [6, 6.07) is 0. The first-order chi connectivity index (χ1) is 8.00. The molecule has 1 heterocycles. The van der Waals surface area contributed by atoms with Gasteiger partial charge in [0, 0.05) is 13.6 Å². The Morgan fingerprint density at radius 3 is 2.41 bits per heavy atom. The van der Waals surface area contributed by atoms with E-state index in [2.05, 4.69) is 29.0 Å². The van der Waals surface area contributed by atoms with Gasteiger partial charge in [-0.1, -0.05) is 0 Å². The van der Waals surface area contributed by atoms with E-state index in [-0.39, 0.29) is 5.84 Å². The van der Waals surface area contributed by atoms with Crippen LogP contribution < -0.4 is 10.6 Å². The van der Waals surface area contributed by atoms with E-state index in [0.717, 1.165) is 25.3 Å². The van der Waals surface area contributed by atoms with E-state index in [4.69, 9.17) is 11.1 Å². The van der Waals surface area contributed by atoms with Crippen molar-refractivity contribution in [1.82, 2.24) is 14.9 Å². The lowest BCUT2D eigenvalue weighted by atomic mass is 10.3. The van der Waals surface area contributed by atoms with Crippen LogP contribution in [0.3, 0.4) is 0 Å². The van der Waals surface area contributed by atoms with E-state index in [1.807, 2.05) is 11.9 Å². The zero-order valence-corrected chi connectivity index (χ0v) is 10.6. The molecule has 0 aliphatic heterocycles. The lowest BCUT2D eigenvalue weighted by Gasteiger charge is -2.19. The molecule has 94 valence electrons. The van der Waals surface area contributed by atoms with Crippen LogP contribution in [0.5, 0.6) is 0 Å². The number of hydrogen-bond donors (Lipinski definition) is 2. The van der Waals surface area contributed by atoms with Crippen molar-refractivity contribution in [1.29, 1.82) is 5.41 Å². The summed E-state index contributed by atoms with van der Waals surface area (Å²) in [5, 5.41) is 7.23. The van der Waals surface area contributed by atoms with Gasteiger partial charge in [-0.05, 0) is 27.1 Å². The monoisotopic (exact) mass is 236 g/mol. The number of aromatic nitrogens is 2. The van der Waals surface area contributed by atoms with E-state index in [1.54, 1.807) is 6.20 Å². The second-order valence-corrected chi connectivity index (χ2v) is 4.25.